The fraction of sp³-hybridized carbons (Fsp3) is 0.786. The molecule has 0 bridgehead atoms. The van der Waals surface area contributed by atoms with Crippen LogP contribution in [-0.4, -0.2) is 23.4 Å². The topological polar surface area (TPSA) is 20.3 Å². The summed E-state index contributed by atoms with van der Waals surface area (Å²) in [5.74, 6) is 3.84. The van der Waals surface area contributed by atoms with Gasteiger partial charge < -0.3 is 4.90 Å². The van der Waals surface area contributed by atoms with E-state index in [0.29, 0.717) is 18.4 Å². The molecule has 1 unspecified atom stereocenters. The van der Waals surface area contributed by atoms with E-state index in [9.17, 15) is 4.79 Å². The van der Waals surface area contributed by atoms with Gasteiger partial charge >= 0.3 is 0 Å². The van der Waals surface area contributed by atoms with Gasteiger partial charge in [0.25, 0.3) is 0 Å². The van der Waals surface area contributed by atoms with Gasteiger partial charge in [0.05, 0.1) is 0 Å². The van der Waals surface area contributed by atoms with Gasteiger partial charge in [-0.1, -0.05) is 19.3 Å². The van der Waals surface area contributed by atoms with Crippen molar-refractivity contribution in [3.63, 3.8) is 0 Å². The van der Waals surface area contributed by atoms with Crippen LogP contribution in [0.15, 0.2) is 0 Å². The second-order valence-corrected chi connectivity index (χ2v) is 5.25. The van der Waals surface area contributed by atoms with Crippen LogP contribution in [0.5, 0.6) is 0 Å². The number of hydrogen-bond acceptors (Lipinski definition) is 1. The Bertz CT molecular complexity index is 298. The van der Waals surface area contributed by atoms with Crippen molar-refractivity contribution in [3.8, 4) is 12.3 Å². The normalized spacial score (nSPS) is 29.1. The van der Waals surface area contributed by atoms with Gasteiger partial charge in [0.15, 0.2) is 0 Å². The zero-order chi connectivity index (χ0) is 11.5. The highest BCUT2D eigenvalue weighted by atomic mass is 16.2. The first-order valence-electron chi connectivity index (χ1n) is 6.48. The Hall–Kier alpha value is -0.970. The van der Waals surface area contributed by atoms with Gasteiger partial charge in [0, 0.05) is 24.9 Å². The number of carbonyl (C=O) groups excluding carboxylic acids is 1. The molecule has 2 atom stereocenters. The summed E-state index contributed by atoms with van der Waals surface area (Å²) >= 11 is 0. The molecular formula is C14H21NO. The second-order valence-electron chi connectivity index (χ2n) is 5.25. The van der Waals surface area contributed by atoms with Gasteiger partial charge in [-0.3, -0.25) is 4.79 Å². The highest BCUT2D eigenvalue weighted by molar-refractivity contribution is 5.79. The molecule has 1 saturated carbocycles. The molecule has 1 amide bonds. The SMILES string of the molecule is C#CC1CC(=O)N([C@@H](C)C2CCCCC2)C1. The predicted molar refractivity (Wildman–Crippen MR) is 64.7 cm³/mol. The Morgan fingerprint density at radius 1 is 1.38 bits per heavy atom. The summed E-state index contributed by atoms with van der Waals surface area (Å²) in [6.45, 7) is 2.99. The van der Waals surface area contributed by atoms with E-state index in [1.807, 2.05) is 4.90 Å². The Morgan fingerprint density at radius 3 is 2.62 bits per heavy atom. The maximum atomic E-state index is 11.9. The fourth-order valence-electron chi connectivity index (χ4n) is 3.11. The Balaban J connectivity index is 1.96. The summed E-state index contributed by atoms with van der Waals surface area (Å²) in [5, 5.41) is 0. The van der Waals surface area contributed by atoms with Crippen molar-refractivity contribution < 1.29 is 4.79 Å². The van der Waals surface area contributed by atoms with Crippen LogP contribution < -0.4 is 0 Å². The minimum absolute atomic E-state index is 0.151. The molecule has 2 aliphatic rings. The molecule has 88 valence electrons. The number of likely N-dealkylation sites (tertiary alicyclic amines) is 1. The van der Waals surface area contributed by atoms with Crippen LogP contribution in [-0.2, 0) is 4.79 Å². The number of nitrogens with zero attached hydrogens (tertiary/aromatic N) is 1. The van der Waals surface area contributed by atoms with Gasteiger partial charge in [0.2, 0.25) is 5.91 Å². The number of carbonyl (C=O) groups is 1. The third kappa shape index (κ3) is 2.24. The van der Waals surface area contributed by atoms with E-state index in [4.69, 9.17) is 6.42 Å². The predicted octanol–water partition coefficient (Wildman–Crippen LogP) is 2.44. The van der Waals surface area contributed by atoms with Crippen molar-refractivity contribution in [2.45, 2.75) is 51.5 Å². The molecule has 2 rings (SSSR count). The van der Waals surface area contributed by atoms with E-state index < -0.39 is 0 Å². The van der Waals surface area contributed by atoms with Gasteiger partial charge in [-0.2, -0.15) is 0 Å². The minimum Gasteiger partial charge on any atom is -0.338 e. The smallest absolute Gasteiger partial charge is 0.224 e. The largest absolute Gasteiger partial charge is 0.338 e. The van der Waals surface area contributed by atoms with Gasteiger partial charge in [-0.05, 0) is 25.7 Å². The number of amides is 1. The number of hydrogen-bond donors (Lipinski definition) is 0. The van der Waals surface area contributed by atoms with E-state index in [2.05, 4.69) is 12.8 Å². The van der Waals surface area contributed by atoms with Crippen molar-refractivity contribution in [1.29, 1.82) is 0 Å². The fourth-order valence-corrected chi connectivity index (χ4v) is 3.11. The molecule has 1 aliphatic carbocycles. The molecule has 0 aromatic rings. The summed E-state index contributed by atoms with van der Waals surface area (Å²) in [6, 6.07) is 0.395. The van der Waals surface area contributed by atoms with E-state index in [1.54, 1.807) is 0 Å². The Labute approximate surface area is 98.4 Å². The zero-order valence-corrected chi connectivity index (χ0v) is 10.1. The maximum Gasteiger partial charge on any atom is 0.224 e. The van der Waals surface area contributed by atoms with E-state index in [0.717, 1.165) is 6.54 Å². The average Bonchev–Trinajstić information content (AvgIpc) is 2.71. The summed E-state index contributed by atoms with van der Waals surface area (Å²) in [6.07, 6.45) is 12.6. The lowest BCUT2D eigenvalue weighted by Crippen LogP contribution is -2.40. The molecule has 2 fully saturated rings. The molecule has 0 N–H and O–H groups in total. The molecule has 2 heteroatoms. The molecule has 2 nitrogen and oxygen atoms in total. The van der Waals surface area contributed by atoms with Crippen molar-refractivity contribution in [3.05, 3.63) is 0 Å². The third-order valence-corrected chi connectivity index (χ3v) is 4.22. The highest BCUT2D eigenvalue weighted by Crippen LogP contribution is 2.31. The van der Waals surface area contributed by atoms with Crippen molar-refractivity contribution in [2.75, 3.05) is 6.54 Å². The monoisotopic (exact) mass is 219 g/mol. The third-order valence-electron chi connectivity index (χ3n) is 4.22. The summed E-state index contributed by atoms with van der Waals surface area (Å²) in [7, 11) is 0. The Morgan fingerprint density at radius 2 is 2.06 bits per heavy atom. The van der Waals surface area contributed by atoms with Crippen molar-refractivity contribution in [1.82, 2.24) is 4.90 Å². The highest BCUT2D eigenvalue weighted by Gasteiger charge is 2.35. The molecule has 0 aromatic carbocycles. The van der Waals surface area contributed by atoms with Crippen LogP contribution >= 0.6 is 0 Å². The minimum atomic E-state index is 0.151. The maximum absolute atomic E-state index is 11.9. The molecule has 1 aliphatic heterocycles. The van der Waals surface area contributed by atoms with Crippen LogP contribution in [0.3, 0.4) is 0 Å². The van der Waals surface area contributed by atoms with Gasteiger partial charge in [-0.15, -0.1) is 12.3 Å². The van der Waals surface area contributed by atoms with Crippen LogP contribution in [0.2, 0.25) is 0 Å². The first-order valence-corrected chi connectivity index (χ1v) is 6.48. The molecule has 0 radical (unpaired) electrons. The first kappa shape index (κ1) is 11.5. The second kappa shape index (κ2) is 4.91. The standard InChI is InChI=1S/C14H21NO/c1-3-12-9-14(16)15(10-12)11(2)13-7-5-4-6-8-13/h1,11-13H,4-10H2,2H3/t11-,12?/m0/s1. The van der Waals surface area contributed by atoms with Gasteiger partial charge in [0.1, 0.15) is 0 Å². The number of rotatable bonds is 2. The van der Waals surface area contributed by atoms with Crippen LogP contribution in [0.1, 0.15) is 45.4 Å². The van der Waals surface area contributed by atoms with Crippen molar-refractivity contribution in [2.24, 2.45) is 11.8 Å². The lowest BCUT2D eigenvalue weighted by molar-refractivity contribution is -0.130. The quantitative estimate of drug-likeness (QED) is 0.653. The van der Waals surface area contributed by atoms with E-state index >= 15 is 0 Å². The zero-order valence-electron chi connectivity index (χ0n) is 10.1. The first-order chi connectivity index (χ1) is 7.72. The molecule has 1 heterocycles. The van der Waals surface area contributed by atoms with E-state index in [-0.39, 0.29) is 11.8 Å². The summed E-state index contributed by atoms with van der Waals surface area (Å²) in [5.41, 5.74) is 0. The molecule has 0 aromatic heterocycles. The van der Waals surface area contributed by atoms with Crippen LogP contribution in [0.25, 0.3) is 0 Å². The van der Waals surface area contributed by atoms with Crippen molar-refractivity contribution >= 4 is 5.91 Å². The lowest BCUT2D eigenvalue weighted by Gasteiger charge is -2.34. The van der Waals surface area contributed by atoms with E-state index in [1.165, 1.54) is 32.1 Å². The van der Waals surface area contributed by atoms with Crippen LogP contribution in [0.4, 0.5) is 0 Å². The molecule has 16 heavy (non-hydrogen) atoms. The van der Waals surface area contributed by atoms with Gasteiger partial charge in [-0.25, -0.2) is 0 Å². The average molecular weight is 219 g/mol. The Kier molecular flexibility index (Phi) is 3.53. The molecule has 0 spiro atoms. The summed E-state index contributed by atoms with van der Waals surface area (Å²) < 4.78 is 0. The lowest BCUT2D eigenvalue weighted by atomic mass is 9.84. The molecule has 1 saturated heterocycles. The molecular weight excluding hydrogens is 198 g/mol. The van der Waals surface area contributed by atoms with Crippen LogP contribution in [0, 0.1) is 24.2 Å². The number of terminal acetylenes is 1. The summed E-state index contributed by atoms with van der Waals surface area (Å²) in [4.78, 5) is 13.9.